The highest BCUT2D eigenvalue weighted by atomic mass is 35.5. The second kappa shape index (κ2) is 5.80. The van der Waals surface area contributed by atoms with Gasteiger partial charge >= 0.3 is 5.69 Å². The zero-order chi connectivity index (χ0) is 13.0. The number of rotatable bonds is 4. The number of aryl methyl sites for hydroxylation is 1. The van der Waals surface area contributed by atoms with Crippen LogP contribution in [0.1, 0.15) is 11.1 Å². The van der Waals surface area contributed by atoms with Crippen molar-refractivity contribution in [3.05, 3.63) is 63.3 Å². The molecule has 4 nitrogen and oxygen atoms in total. The average molecular weight is 265 g/mol. The fraction of sp³-hybridized carbons (Fsp3) is 0.231. The molecule has 0 radical (unpaired) electrons. The lowest BCUT2D eigenvalue weighted by Crippen LogP contribution is -2.23. The van der Waals surface area contributed by atoms with Crippen LogP contribution in [0, 0.1) is 6.92 Å². The van der Waals surface area contributed by atoms with Crippen LogP contribution in [0.25, 0.3) is 0 Å². The van der Waals surface area contributed by atoms with Crippen LogP contribution >= 0.6 is 11.6 Å². The Hall–Kier alpha value is -1.65. The highest BCUT2D eigenvalue weighted by Crippen LogP contribution is 2.08. The van der Waals surface area contributed by atoms with Crippen molar-refractivity contribution in [3.63, 3.8) is 0 Å². The van der Waals surface area contributed by atoms with Crippen molar-refractivity contribution < 1.29 is 4.74 Å². The monoisotopic (exact) mass is 264 g/mol. The summed E-state index contributed by atoms with van der Waals surface area (Å²) >= 11 is 5.76. The Labute approximate surface area is 110 Å². The molecule has 1 aromatic heterocycles. The van der Waals surface area contributed by atoms with Crippen molar-refractivity contribution in [3.8, 4) is 0 Å². The Kier molecular flexibility index (Phi) is 4.12. The molecule has 0 unspecified atom stereocenters. The maximum absolute atomic E-state index is 11.4. The lowest BCUT2D eigenvalue weighted by atomic mass is 10.1. The summed E-state index contributed by atoms with van der Waals surface area (Å²) in [7, 11) is 0. The predicted octanol–water partition coefficient (Wildman–Crippen LogP) is 2.38. The van der Waals surface area contributed by atoms with Crippen molar-refractivity contribution in [1.29, 1.82) is 0 Å². The fourth-order valence-corrected chi connectivity index (χ4v) is 1.71. The second-order valence-electron chi connectivity index (χ2n) is 3.93. The lowest BCUT2D eigenvalue weighted by Gasteiger charge is -2.08. The quantitative estimate of drug-likeness (QED) is 0.852. The van der Waals surface area contributed by atoms with Crippen LogP contribution in [0.2, 0.25) is 5.02 Å². The molecule has 0 saturated heterocycles. The summed E-state index contributed by atoms with van der Waals surface area (Å²) in [5.41, 5.74) is 1.89. The minimum Gasteiger partial charge on any atom is -0.356 e. The third-order valence-electron chi connectivity index (χ3n) is 2.57. The molecule has 2 aromatic rings. The molecule has 0 N–H and O–H groups in total. The summed E-state index contributed by atoms with van der Waals surface area (Å²) in [4.78, 5) is 15.0. The Bertz CT molecular complexity index is 596. The molecule has 0 atom stereocenters. The van der Waals surface area contributed by atoms with Crippen molar-refractivity contribution in [1.82, 2.24) is 9.55 Å². The molecule has 0 bridgehead atoms. The van der Waals surface area contributed by atoms with Crippen LogP contribution < -0.4 is 5.69 Å². The SMILES string of the molecule is Cc1ccccc1COCn1cc(Cl)cnc1=O. The largest absolute Gasteiger partial charge is 0.356 e. The molecule has 0 saturated carbocycles. The molecule has 2 rings (SSSR count). The first-order valence-corrected chi connectivity index (χ1v) is 5.89. The zero-order valence-corrected chi connectivity index (χ0v) is 10.7. The number of ether oxygens (including phenoxy) is 1. The normalized spacial score (nSPS) is 10.6. The van der Waals surface area contributed by atoms with Gasteiger partial charge in [-0.2, -0.15) is 4.98 Å². The van der Waals surface area contributed by atoms with E-state index in [1.807, 2.05) is 31.2 Å². The maximum Gasteiger partial charge on any atom is 0.349 e. The van der Waals surface area contributed by atoms with Gasteiger partial charge in [-0.3, -0.25) is 4.57 Å². The first-order valence-electron chi connectivity index (χ1n) is 5.51. The number of halogens is 1. The standard InChI is InChI=1S/C13H13ClN2O2/c1-10-4-2-3-5-11(10)8-18-9-16-7-12(14)6-15-13(16)17/h2-7H,8-9H2,1H3. The predicted molar refractivity (Wildman–Crippen MR) is 69.5 cm³/mol. The van der Waals surface area contributed by atoms with Gasteiger partial charge in [0.25, 0.3) is 0 Å². The summed E-state index contributed by atoms with van der Waals surface area (Å²) in [6.45, 7) is 2.61. The van der Waals surface area contributed by atoms with E-state index in [1.54, 1.807) is 0 Å². The van der Waals surface area contributed by atoms with Gasteiger partial charge in [-0.05, 0) is 18.1 Å². The molecule has 0 aliphatic rings. The van der Waals surface area contributed by atoms with Crippen molar-refractivity contribution in [2.45, 2.75) is 20.3 Å². The van der Waals surface area contributed by atoms with Gasteiger partial charge in [-0.1, -0.05) is 35.9 Å². The van der Waals surface area contributed by atoms with Gasteiger partial charge in [0.05, 0.1) is 17.8 Å². The first-order chi connectivity index (χ1) is 8.66. The van der Waals surface area contributed by atoms with Gasteiger partial charge in [0.2, 0.25) is 0 Å². The molecule has 0 fully saturated rings. The van der Waals surface area contributed by atoms with Gasteiger partial charge in [-0.25, -0.2) is 4.79 Å². The van der Waals surface area contributed by atoms with E-state index in [4.69, 9.17) is 16.3 Å². The van der Waals surface area contributed by atoms with Crippen LogP contribution in [-0.2, 0) is 18.1 Å². The van der Waals surface area contributed by atoms with Crippen LogP contribution in [0.15, 0.2) is 41.5 Å². The fourth-order valence-electron chi connectivity index (χ4n) is 1.55. The summed E-state index contributed by atoms with van der Waals surface area (Å²) < 4.78 is 6.82. The van der Waals surface area contributed by atoms with E-state index in [2.05, 4.69) is 4.98 Å². The Morgan fingerprint density at radius 3 is 2.94 bits per heavy atom. The number of hydrogen-bond acceptors (Lipinski definition) is 3. The van der Waals surface area contributed by atoms with E-state index in [0.717, 1.165) is 11.1 Å². The van der Waals surface area contributed by atoms with E-state index in [1.165, 1.54) is 17.0 Å². The molecular formula is C13H13ClN2O2. The second-order valence-corrected chi connectivity index (χ2v) is 4.37. The smallest absolute Gasteiger partial charge is 0.349 e. The van der Waals surface area contributed by atoms with Crippen molar-refractivity contribution in [2.75, 3.05) is 0 Å². The third kappa shape index (κ3) is 3.18. The van der Waals surface area contributed by atoms with Crippen LogP contribution in [-0.4, -0.2) is 9.55 Å². The number of hydrogen-bond donors (Lipinski definition) is 0. The van der Waals surface area contributed by atoms with Gasteiger partial charge in [0, 0.05) is 6.20 Å². The Balaban J connectivity index is 1.99. The Morgan fingerprint density at radius 2 is 2.17 bits per heavy atom. The number of nitrogens with zero attached hydrogens (tertiary/aromatic N) is 2. The van der Waals surface area contributed by atoms with Gasteiger partial charge < -0.3 is 4.74 Å². The summed E-state index contributed by atoms with van der Waals surface area (Å²) in [6.07, 6.45) is 2.83. The van der Waals surface area contributed by atoms with Crippen molar-refractivity contribution >= 4 is 11.6 Å². The summed E-state index contributed by atoms with van der Waals surface area (Å²) in [5, 5.41) is 0.411. The Morgan fingerprint density at radius 1 is 1.39 bits per heavy atom. The first kappa shape index (κ1) is 12.8. The molecule has 0 aliphatic carbocycles. The molecule has 0 amide bonds. The van der Waals surface area contributed by atoms with E-state index >= 15 is 0 Å². The molecule has 1 heterocycles. The van der Waals surface area contributed by atoms with Gasteiger partial charge in [-0.15, -0.1) is 0 Å². The van der Waals surface area contributed by atoms with E-state index in [9.17, 15) is 4.79 Å². The van der Waals surface area contributed by atoms with Crippen molar-refractivity contribution in [2.24, 2.45) is 0 Å². The average Bonchev–Trinajstić information content (AvgIpc) is 2.36. The molecule has 5 heteroatoms. The summed E-state index contributed by atoms with van der Waals surface area (Å²) in [5.74, 6) is 0. The van der Waals surface area contributed by atoms with E-state index < -0.39 is 0 Å². The molecular weight excluding hydrogens is 252 g/mol. The minimum absolute atomic E-state index is 0.140. The van der Waals surface area contributed by atoms with Gasteiger partial charge in [0.1, 0.15) is 6.73 Å². The molecule has 94 valence electrons. The van der Waals surface area contributed by atoms with E-state index in [0.29, 0.717) is 11.6 Å². The lowest BCUT2D eigenvalue weighted by molar-refractivity contribution is 0.0606. The summed E-state index contributed by atoms with van der Waals surface area (Å²) in [6, 6.07) is 7.95. The van der Waals surface area contributed by atoms with Crippen LogP contribution in [0.5, 0.6) is 0 Å². The minimum atomic E-state index is -0.371. The third-order valence-corrected chi connectivity index (χ3v) is 2.77. The maximum atomic E-state index is 11.4. The molecule has 0 spiro atoms. The topological polar surface area (TPSA) is 44.1 Å². The van der Waals surface area contributed by atoms with Gasteiger partial charge in [0.15, 0.2) is 0 Å². The van der Waals surface area contributed by atoms with E-state index in [-0.39, 0.29) is 12.4 Å². The number of benzene rings is 1. The molecule has 18 heavy (non-hydrogen) atoms. The van der Waals surface area contributed by atoms with Crippen LogP contribution in [0.3, 0.4) is 0 Å². The highest BCUT2D eigenvalue weighted by Gasteiger charge is 2.00. The molecule has 0 aliphatic heterocycles. The highest BCUT2D eigenvalue weighted by molar-refractivity contribution is 6.30. The zero-order valence-electron chi connectivity index (χ0n) is 9.97. The molecule has 1 aromatic carbocycles. The van der Waals surface area contributed by atoms with Crippen LogP contribution in [0.4, 0.5) is 0 Å². The number of aromatic nitrogens is 2.